The summed E-state index contributed by atoms with van der Waals surface area (Å²) in [5, 5.41) is 1.15. The Bertz CT molecular complexity index is 1840. The maximum absolute atomic E-state index is 15.4. The number of thiazole rings is 1. The number of carbonyl (C=O) groups excluding carboxylic acids is 2. The van der Waals surface area contributed by atoms with Crippen LogP contribution in [0.4, 0.5) is 4.39 Å². The third-order valence-electron chi connectivity index (χ3n) is 8.80. The third kappa shape index (κ3) is 3.50. The molecule has 2 aliphatic carbocycles. The number of imidazole rings is 1. The molecule has 5 aliphatic rings. The molecule has 8 rings (SSSR count). The molecule has 3 aliphatic heterocycles. The molecule has 10 heteroatoms. The van der Waals surface area contributed by atoms with Crippen LogP contribution in [-0.2, 0) is 9.59 Å². The SMILES string of the molecule is Cc1nc2cc(-c3cnc(C4CN5C(=O)CC6(CC6)[C@H]5C5=C4C4=CC(=O)C=C(F)C4=C(Cl)C=NC5)[nH]3)ccc2s1. The first kappa shape index (κ1) is 24.1. The molecular formula is C30H23ClFN5O2S. The minimum absolute atomic E-state index is 0.117. The second-order valence-corrected chi connectivity index (χ2v) is 12.9. The van der Waals surface area contributed by atoms with Crippen molar-refractivity contribution in [3.05, 3.63) is 80.5 Å². The third-order valence-corrected chi connectivity index (χ3v) is 10.0. The van der Waals surface area contributed by atoms with Gasteiger partial charge in [0.1, 0.15) is 11.7 Å². The number of fused-ring (bicyclic) bond motifs is 6. The van der Waals surface area contributed by atoms with Gasteiger partial charge in [-0.15, -0.1) is 11.3 Å². The van der Waals surface area contributed by atoms with Gasteiger partial charge in [0.15, 0.2) is 5.78 Å². The summed E-state index contributed by atoms with van der Waals surface area (Å²) in [5.74, 6) is -0.759. The molecular weight excluding hydrogens is 549 g/mol. The van der Waals surface area contributed by atoms with E-state index in [1.165, 1.54) is 12.3 Å². The van der Waals surface area contributed by atoms with Crippen LogP contribution in [0.3, 0.4) is 0 Å². The number of halogens is 2. The van der Waals surface area contributed by atoms with Crippen molar-refractivity contribution >= 4 is 51.1 Å². The maximum atomic E-state index is 15.4. The van der Waals surface area contributed by atoms with Crippen molar-refractivity contribution in [3.63, 3.8) is 0 Å². The Kier molecular flexibility index (Phi) is 5.07. The molecule has 2 fully saturated rings. The van der Waals surface area contributed by atoms with Crippen LogP contribution in [0.2, 0.25) is 0 Å². The van der Waals surface area contributed by atoms with Crippen LogP contribution in [0.15, 0.2) is 74.7 Å². The summed E-state index contributed by atoms with van der Waals surface area (Å²) in [6.07, 6.45) is 8.09. The van der Waals surface area contributed by atoms with Gasteiger partial charge in [-0.3, -0.25) is 14.6 Å². The number of amides is 1. The Morgan fingerprint density at radius 2 is 2.08 bits per heavy atom. The molecule has 1 saturated carbocycles. The van der Waals surface area contributed by atoms with Gasteiger partial charge >= 0.3 is 0 Å². The van der Waals surface area contributed by atoms with E-state index in [0.29, 0.717) is 30.9 Å². The maximum Gasteiger partial charge on any atom is 0.223 e. The van der Waals surface area contributed by atoms with Crippen molar-refractivity contribution in [3.8, 4) is 11.3 Å². The van der Waals surface area contributed by atoms with Crippen LogP contribution in [0.1, 0.15) is 36.0 Å². The van der Waals surface area contributed by atoms with Crippen LogP contribution in [-0.4, -0.2) is 56.9 Å². The van der Waals surface area contributed by atoms with E-state index in [1.807, 2.05) is 24.0 Å². The lowest BCUT2D eigenvalue weighted by atomic mass is 9.74. The number of hydrogen-bond acceptors (Lipinski definition) is 6. The number of aromatic nitrogens is 3. The molecule has 3 aromatic rings. The average molecular weight is 572 g/mol. The summed E-state index contributed by atoms with van der Waals surface area (Å²) in [7, 11) is 0. The smallest absolute Gasteiger partial charge is 0.223 e. The van der Waals surface area contributed by atoms with Crippen LogP contribution in [0.25, 0.3) is 21.5 Å². The van der Waals surface area contributed by atoms with Crippen LogP contribution in [0, 0.1) is 12.3 Å². The zero-order valence-corrected chi connectivity index (χ0v) is 23.1. The van der Waals surface area contributed by atoms with Crippen LogP contribution in [0.5, 0.6) is 0 Å². The number of carbonyl (C=O) groups is 2. The second-order valence-electron chi connectivity index (χ2n) is 11.2. The number of nitrogens with one attached hydrogen (secondary N) is 1. The molecule has 0 radical (unpaired) electrons. The molecule has 1 amide bonds. The lowest BCUT2D eigenvalue weighted by Crippen LogP contribution is -2.46. The highest BCUT2D eigenvalue weighted by atomic mass is 35.5. The summed E-state index contributed by atoms with van der Waals surface area (Å²) in [6, 6.07) is 6.00. The summed E-state index contributed by atoms with van der Waals surface area (Å²) in [5.41, 5.74) is 4.95. The first-order valence-corrected chi connectivity index (χ1v) is 14.5. The van der Waals surface area contributed by atoms with Crippen molar-refractivity contribution in [2.45, 2.75) is 38.1 Å². The number of aromatic amines is 1. The molecule has 2 atom stereocenters. The zero-order chi connectivity index (χ0) is 27.3. The Morgan fingerprint density at radius 3 is 2.90 bits per heavy atom. The molecule has 200 valence electrons. The van der Waals surface area contributed by atoms with E-state index in [-0.39, 0.29) is 28.0 Å². The largest absolute Gasteiger partial charge is 0.341 e. The predicted octanol–water partition coefficient (Wildman–Crippen LogP) is 5.71. The van der Waals surface area contributed by atoms with E-state index in [1.54, 1.807) is 17.5 Å². The molecule has 1 N–H and O–H groups in total. The molecule has 0 bridgehead atoms. The lowest BCUT2D eigenvalue weighted by Gasteiger charge is -2.42. The van der Waals surface area contributed by atoms with Gasteiger partial charge in [0.25, 0.3) is 0 Å². The van der Waals surface area contributed by atoms with Gasteiger partial charge in [-0.1, -0.05) is 17.7 Å². The van der Waals surface area contributed by atoms with E-state index in [2.05, 4.69) is 21.0 Å². The number of aliphatic imine (C=N–C) groups is 1. The normalized spacial score (nSPS) is 25.1. The highest BCUT2D eigenvalue weighted by molar-refractivity contribution is 7.18. The van der Waals surface area contributed by atoms with Crippen molar-refractivity contribution in [1.29, 1.82) is 0 Å². The van der Waals surface area contributed by atoms with Gasteiger partial charge in [-0.05, 0) is 54.7 Å². The Balaban J connectivity index is 1.31. The topological polar surface area (TPSA) is 91.3 Å². The van der Waals surface area contributed by atoms with Crippen molar-refractivity contribution in [1.82, 2.24) is 19.9 Å². The molecule has 1 unspecified atom stereocenters. The minimum Gasteiger partial charge on any atom is -0.341 e. The highest BCUT2D eigenvalue weighted by Crippen LogP contribution is 2.62. The minimum atomic E-state index is -0.676. The highest BCUT2D eigenvalue weighted by Gasteiger charge is 2.62. The van der Waals surface area contributed by atoms with E-state index in [0.717, 1.165) is 56.5 Å². The summed E-state index contributed by atoms with van der Waals surface area (Å²) < 4.78 is 16.5. The molecule has 2 aromatic heterocycles. The standard InChI is InChI=1S/C30H23ClFN5O2S/c1-14-35-22-6-15(2-3-24(22)40-14)23-12-34-29(36-23)19-13-37-25(39)9-30(4-5-30)28(37)18-10-33-11-20(31)27-17(26(18)19)7-16(38)8-21(27)32/h2-3,6-8,11-12,19,28H,4-5,9-10,13H2,1H3,(H,34,36)/t19?,28-/m1/s1. The predicted molar refractivity (Wildman–Crippen MR) is 152 cm³/mol. The fourth-order valence-corrected chi connectivity index (χ4v) is 8.03. The number of aryl methyl sites for hydroxylation is 1. The van der Waals surface area contributed by atoms with Gasteiger partial charge in [0.05, 0.1) is 50.7 Å². The van der Waals surface area contributed by atoms with Gasteiger partial charge in [-0.2, -0.15) is 0 Å². The molecule has 7 nitrogen and oxygen atoms in total. The Labute approximate surface area is 237 Å². The van der Waals surface area contributed by atoms with E-state index in [4.69, 9.17) is 16.6 Å². The van der Waals surface area contributed by atoms with Gasteiger partial charge in [-0.25, -0.2) is 14.4 Å². The molecule has 40 heavy (non-hydrogen) atoms. The van der Waals surface area contributed by atoms with E-state index >= 15 is 4.39 Å². The number of ketones is 1. The number of nitrogens with zero attached hydrogens (tertiary/aromatic N) is 4. The molecule has 5 heterocycles. The summed E-state index contributed by atoms with van der Waals surface area (Å²) >= 11 is 8.20. The summed E-state index contributed by atoms with van der Waals surface area (Å²) in [4.78, 5) is 45.4. The van der Waals surface area contributed by atoms with E-state index in [9.17, 15) is 9.59 Å². The first-order chi connectivity index (χ1) is 19.3. The van der Waals surface area contributed by atoms with Crippen LogP contribution >= 0.6 is 22.9 Å². The van der Waals surface area contributed by atoms with Gasteiger partial charge in [0.2, 0.25) is 5.91 Å². The van der Waals surface area contributed by atoms with Gasteiger partial charge in [0, 0.05) is 41.8 Å². The van der Waals surface area contributed by atoms with Crippen molar-refractivity contribution < 1.29 is 14.0 Å². The van der Waals surface area contributed by atoms with Gasteiger partial charge < -0.3 is 9.88 Å². The molecule has 1 spiro atoms. The van der Waals surface area contributed by atoms with Crippen LogP contribution < -0.4 is 0 Å². The number of allylic oxidation sites excluding steroid dienone is 6. The number of H-pyrrole nitrogens is 1. The number of benzene rings is 1. The average Bonchev–Trinajstić information content (AvgIpc) is 3.23. The van der Waals surface area contributed by atoms with E-state index < -0.39 is 17.5 Å². The molecule has 1 aromatic carbocycles. The monoisotopic (exact) mass is 571 g/mol. The fraction of sp³-hybridized carbons (Fsp3) is 0.300. The number of hydrogen-bond donors (Lipinski definition) is 1. The quantitative estimate of drug-likeness (QED) is 0.426. The summed E-state index contributed by atoms with van der Waals surface area (Å²) in [6.45, 7) is 2.69. The Hall–Kier alpha value is -3.69. The molecule has 1 saturated heterocycles. The Morgan fingerprint density at radius 1 is 1.23 bits per heavy atom. The number of rotatable bonds is 2. The second kappa shape index (κ2) is 8.41. The van der Waals surface area contributed by atoms with Crippen molar-refractivity contribution in [2.24, 2.45) is 10.4 Å². The lowest BCUT2D eigenvalue weighted by molar-refractivity contribution is -0.129. The first-order valence-electron chi connectivity index (χ1n) is 13.3. The zero-order valence-electron chi connectivity index (χ0n) is 21.5. The van der Waals surface area contributed by atoms with Crippen molar-refractivity contribution in [2.75, 3.05) is 13.1 Å². The fourth-order valence-electron chi connectivity index (χ4n) is 6.96.